The van der Waals surface area contributed by atoms with Gasteiger partial charge in [-0.15, -0.1) is 0 Å². The molecule has 0 radical (unpaired) electrons. The standard InChI is InChI=1S/C39H38N6O5/c1-6-26-21(3)31-19-34-27(7-2)22(4)29(43-34)18-30-23(5)28(9-13-39(49)50)35(44-30)20-32-24(16-25(41-32)17-33(26)42-31)8-10-36(46)40-14-15-45-37(47)11-12-38(45)48/h6-7,11-12,16-20,41,43H,1-2,8-10,13-15H2,3-5H3,(H,40,46)(H,49,50). The van der Waals surface area contributed by atoms with Crippen LogP contribution < -0.4 is 5.32 Å². The largest absolute Gasteiger partial charge is 0.481 e. The van der Waals surface area contributed by atoms with E-state index in [0.717, 1.165) is 83.0 Å². The third kappa shape index (κ3) is 6.62. The molecule has 3 aromatic heterocycles. The molecule has 11 nitrogen and oxygen atoms in total. The highest BCUT2D eigenvalue weighted by Gasteiger charge is 2.23. The Morgan fingerprint density at radius 3 is 2.20 bits per heavy atom. The number of nitrogens with one attached hydrogen (secondary N) is 3. The SMILES string of the molecule is C=CC1=C(C)c2cc3[nH]c(cc4nc(cc5[nH]c(cc1n2)cc5CCC(=O)NCCN1C(=O)C=CC1=O)C(CCC(=O)O)=C4C)c(C)c3C=C. The van der Waals surface area contributed by atoms with E-state index in [2.05, 4.69) is 28.4 Å². The predicted molar refractivity (Wildman–Crippen MR) is 195 cm³/mol. The molecular formula is C39H38N6O5. The van der Waals surface area contributed by atoms with Crippen LogP contribution in [-0.4, -0.2) is 66.7 Å². The van der Waals surface area contributed by atoms with Gasteiger partial charge >= 0.3 is 5.97 Å². The Morgan fingerprint density at radius 2 is 1.50 bits per heavy atom. The second kappa shape index (κ2) is 13.8. The summed E-state index contributed by atoms with van der Waals surface area (Å²) in [5, 5.41) is 12.3. The number of hydrogen-bond donors (Lipinski definition) is 4. The molecule has 0 saturated heterocycles. The molecule has 254 valence electrons. The first-order valence-corrected chi connectivity index (χ1v) is 16.4. The zero-order valence-corrected chi connectivity index (χ0v) is 28.3. The van der Waals surface area contributed by atoms with Crippen molar-refractivity contribution in [1.29, 1.82) is 0 Å². The van der Waals surface area contributed by atoms with Gasteiger partial charge in [0.1, 0.15) is 0 Å². The van der Waals surface area contributed by atoms with Crippen molar-refractivity contribution < 1.29 is 24.3 Å². The van der Waals surface area contributed by atoms with Gasteiger partial charge in [-0.1, -0.05) is 25.3 Å². The lowest BCUT2D eigenvalue weighted by molar-refractivity contribution is -0.138. The molecule has 0 aromatic carbocycles. The van der Waals surface area contributed by atoms with E-state index in [0.29, 0.717) is 18.5 Å². The first-order chi connectivity index (χ1) is 24.0. The Kier molecular flexibility index (Phi) is 9.32. The van der Waals surface area contributed by atoms with Crippen LogP contribution in [0.3, 0.4) is 0 Å². The number of aromatic nitrogens is 4. The minimum absolute atomic E-state index is 0.0516. The molecule has 0 spiro atoms. The molecule has 3 aromatic rings. The Bertz CT molecular complexity index is 2250. The highest BCUT2D eigenvalue weighted by molar-refractivity contribution is 6.12. The van der Waals surface area contributed by atoms with E-state index in [1.54, 1.807) is 6.08 Å². The van der Waals surface area contributed by atoms with Crippen LogP contribution in [0.1, 0.15) is 72.6 Å². The number of hydrogen-bond acceptors (Lipinski definition) is 6. The van der Waals surface area contributed by atoms with E-state index in [1.165, 1.54) is 12.2 Å². The molecule has 3 aliphatic rings. The Morgan fingerprint density at radius 1 is 0.820 bits per heavy atom. The molecule has 8 bridgehead atoms. The maximum atomic E-state index is 12.9. The molecular weight excluding hydrogens is 632 g/mol. The van der Waals surface area contributed by atoms with Crippen molar-refractivity contribution in [2.24, 2.45) is 0 Å². The maximum Gasteiger partial charge on any atom is 0.303 e. The number of fused-ring (bicyclic) bond motifs is 8. The fourth-order valence-electron chi connectivity index (χ4n) is 6.53. The molecule has 6 heterocycles. The van der Waals surface area contributed by atoms with E-state index in [4.69, 9.17) is 9.97 Å². The number of carboxylic acid groups (broad SMARTS) is 1. The lowest BCUT2D eigenvalue weighted by atomic mass is 10.0. The van der Waals surface area contributed by atoms with Gasteiger partial charge in [-0.25, -0.2) is 9.97 Å². The number of carbonyl (C=O) groups is 4. The average Bonchev–Trinajstić information content (AvgIpc) is 3.84. The maximum absolute atomic E-state index is 12.9. The topological polar surface area (TPSA) is 161 Å². The van der Waals surface area contributed by atoms with Crippen molar-refractivity contribution >= 4 is 74.1 Å². The summed E-state index contributed by atoms with van der Waals surface area (Å²) in [6, 6.07) is 9.81. The van der Waals surface area contributed by atoms with Gasteiger partial charge in [-0.2, -0.15) is 0 Å². The summed E-state index contributed by atoms with van der Waals surface area (Å²) < 4.78 is 0. The van der Waals surface area contributed by atoms with Gasteiger partial charge in [0.05, 0.1) is 22.8 Å². The smallest absolute Gasteiger partial charge is 0.303 e. The van der Waals surface area contributed by atoms with Gasteiger partial charge in [0.25, 0.3) is 11.8 Å². The molecule has 11 heteroatoms. The molecule has 0 aliphatic carbocycles. The van der Waals surface area contributed by atoms with Crippen molar-refractivity contribution in [2.45, 2.75) is 46.5 Å². The normalized spacial score (nSPS) is 14.2. The first-order valence-electron chi connectivity index (χ1n) is 16.4. The van der Waals surface area contributed by atoms with Gasteiger partial charge in [0.2, 0.25) is 5.91 Å². The van der Waals surface area contributed by atoms with E-state index in [-0.39, 0.29) is 31.8 Å². The second-order valence-electron chi connectivity index (χ2n) is 12.5. The molecule has 3 aliphatic heterocycles. The summed E-state index contributed by atoms with van der Waals surface area (Å²) in [7, 11) is 0. The molecule has 0 fully saturated rings. The summed E-state index contributed by atoms with van der Waals surface area (Å²) in [6.07, 6.45) is 6.82. The van der Waals surface area contributed by atoms with E-state index < -0.39 is 17.8 Å². The molecule has 0 unspecified atom stereocenters. The number of allylic oxidation sites excluding steroid dienone is 5. The number of amides is 3. The zero-order valence-electron chi connectivity index (χ0n) is 28.3. The highest BCUT2D eigenvalue weighted by Crippen LogP contribution is 2.36. The Balaban J connectivity index is 1.47. The lowest BCUT2D eigenvalue weighted by Crippen LogP contribution is -2.38. The summed E-state index contributed by atoms with van der Waals surface area (Å²) in [6.45, 7) is 14.3. The van der Waals surface area contributed by atoms with Crippen molar-refractivity contribution in [1.82, 2.24) is 30.2 Å². The number of carboxylic acids is 1. The monoisotopic (exact) mass is 670 g/mol. The Hall–Kier alpha value is -6.10. The summed E-state index contributed by atoms with van der Waals surface area (Å²) in [5.41, 5.74) is 12.5. The summed E-state index contributed by atoms with van der Waals surface area (Å²) in [5.74, 6) is -1.91. The number of nitrogens with zero attached hydrogens (tertiary/aromatic N) is 3. The number of aryl methyl sites for hydroxylation is 2. The van der Waals surface area contributed by atoms with Crippen LogP contribution in [0.15, 0.2) is 61.7 Å². The van der Waals surface area contributed by atoms with Gasteiger partial charge in [-0.05, 0) is 91.8 Å². The first kappa shape index (κ1) is 33.8. The minimum Gasteiger partial charge on any atom is -0.481 e. The quantitative estimate of drug-likeness (QED) is 0.178. The lowest BCUT2D eigenvalue weighted by Gasteiger charge is -2.13. The van der Waals surface area contributed by atoms with Crippen molar-refractivity contribution in [3.05, 3.63) is 101 Å². The Labute approximate surface area is 288 Å². The average molecular weight is 671 g/mol. The van der Waals surface area contributed by atoms with E-state index in [1.807, 2.05) is 57.2 Å². The number of carbonyl (C=O) groups excluding carboxylic acids is 3. The van der Waals surface area contributed by atoms with Gasteiger partial charge in [-0.3, -0.25) is 24.1 Å². The molecule has 4 N–H and O–H groups in total. The van der Waals surface area contributed by atoms with Crippen LogP contribution in [0.25, 0.3) is 50.4 Å². The van der Waals surface area contributed by atoms with E-state index in [9.17, 15) is 24.3 Å². The highest BCUT2D eigenvalue weighted by atomic mass is 16.4. The van der Waals surface area contributed by atoms with Crippen LogP contribution in [0.5, 0.6) is 0 Å². The van der Waals surface area contributed by atoms with Crippen molar-refractivity contribution in [2.75, 3.05) is 13.1 Å². The van der Waals surface area contributed by atoms with Crippen LogP contribution in [0, 0.1) is 6.92 Å². The third-order valence-corrected chi connectivity index (χ3v) is 9.33. The van der Waals surface area contributed by atoms with Crippen LogP contribution in [0.4, 0.5) is 0 Å². The summed E-state index contributed by atoms with van der Waals surface area (Å²) in [4.78, 5) is 66.3. The van der Waals surface area contributed by atoms with Crippen molar-refractivity contribution in [3.63, 3.8) is 0 Å². The zero-order chi connectivity index (χ0) is 35.7. The number of aliphatic carboxylic acids is 1. The van der Waals surface area contributed by atoms with Gasteiger partial charge in [0.15, 0.2) is 0 Å². The number of rotatable bonds is 11. The van der Waals surface area contributed by atoms with Gasteiger partial charge < -0.3 is 20.4 Å². The second-order valence-corrected chi connectivity index (χ2v) is 12.5. The molecule has 6 rings (SSSR count). The van der Waals surface area contributed by atoms with Crippen LogP contribution in [-0.2, 0) is 25.6 Å². The minimum atomic E-state index is -0.899. The number of H-pyrrole nitrogens is 2. The number of aromatic amines is 2. The van der Waals surface area contributed by atoms with Crippen LogP contribution >= 0.6 is 0 Å². The molecule has 3 amide bonds. The van der Waals surface area contributed by atoms with Gasteiger partial charge in [0, 0.05) is 71.3 Å². The number of imide groups is 1. The fourth-order valence-corrected chi connectivity index (χ4v) is 6.53. The molecule has 0 saturated carbocycles. The molecule has 50 heavy (non-hydrogen) atoms. The fraction of sp³-hybridized carbons (Fsp3) is 0.231. The molecule has 0 atom stereocenters. The van der Waals surface area contributed by atoms with Crippen LogP contribution in [0.2, 0.25) is 0 Å². The van der Waals surface area contributed by atoms with E-state index >= 15 is 0 Å². The third-order valence-electron chi connectivity index (χ3n) is 9.33. The predicted octanol–water partition coefficient (Wildman–Crippen LogP) is 6.15. The summed E-state index contributed by atoms with van der Waals surface area (Å²) >= 11 is 0. The van der Waals surface area contributed by atoms with Crippen molar-refractivity contribution in [3.8, 4) is 0 Å².